The van der Waals surface area contributed by atoms with Crippen LogP contribution in [0.4, 0.5) is 35.5 Å². The maximum Gasteiger partial charge on any atom is 0.416 e. The molecule has 12 heteroatoms. The molecule has 2 fully saturated rings. The second kappa shape index (κ2) is 10.6. The molecule has 1 saturated heterocycles. The highest BCUT2D eigenvalue weighted by Gasteiger charge is 2.48. The van der Waals surface area contributed by atoms with Gasteiger partial charge < -0.3 is 14.4 Å². The monoisotopic (exact) mass is 575 g/mol. The Bertz CT molecular complexity index is 1220. The summed E-state index contributed by atoms with van der Waals surface area (Å²) in [6.07, 6.45) is -11.0. The van der Waals surface area contributed by atoms with Crippen LogP contribution < -0.4 is 0 Å². The lowest BCUT2D eigenvalue weighted by atomic mass is 9.69. The maximum atomic E-state index is 13.7. The van der Waals surface area contributed by atoms with Gasteiger partial charge in [0.2, 0.25) is 0 Å². The second-order valence-corrected chi connectivity index (χ2v) is 11.2. The van der Waals surface area contributed by atoms with Gasteiger partial charge in [0.15, 0.2) is 0 Å². The topological polar surface area (TPSA) is 55.8 Å². The van der Waals surface area contributed by atoms with E-state index in [2.05, 4.69) is 0 Å². The van der Waals surface area contributed by atoms with Gasteiger partial charge in [-0.3, -0.25) is 0 Å². The van der Waals surface area contributed by atoms with E-state index in [-0.39, 0.29) is 30.9 Å². The summed E-state index contributed by atoms with van der Waals surface area (Å²) in [5, 5.41) is 0. The third kappa shape index (κ3) is 6.69. The van der Waals surface area contributed by atoms with Gasteiger partial charge in [-0.2, -0.15) is 26.3 Å². The predicted octanol–water partition coefficient (Wildman–Crippen LogP) is 7.45. The van der Waals surface area contributed by atoms with Crippen LogP contribution in [-0.4, -0.2) is 41.8 Å². The Labute approximate surface area is 226 Å². The van der Waals surface area contributed by atoms with Crippen molar-refractivity contribution in [2.24, 2.45) is 11.8 Å². The Morgan fingerprint density at radius 1 is 0.850 bits per heavy atom. The van der Waals surface area contributed by atoms with Crippen molar-refractivity contribution in [2.75, 3.05) is 13.1 Å². The lowest BCUT2D eigenvalue weighted by Gasteiger charge is -2.39. The average Bonchev–Trinajstić information content (AvgIpc) is 3.27. The summed E-state index contributed by atoms with van der Waals surface area (Å²) >= 11 is 0. The quantitative estimate of drug-likeness (QED) is 0.282. The zero-order valence-electron chi connectivity index (χ0n) is 21.9. The van der Waals surface area contributed by atoms with E-state index in [4.69, 9.17) is 9.47 Å². The summed E-state index contributed by atoms with van der Waals surface area (Å²) in [5.74, 6) is -2.77. The summed E-state index contributed by atoms with van der Waals surface area (Å²) < 4.78 is 105. The fourth-order valence-corrected chi connectivity index (χ4v) is 5.48. The molecule has 218 valence electrons. The Morgan fingerprint density at radius 3 is 1.95 bits per heavy atom. The van der Waals surface area contributed by atoms with E-state index in [1.54, 1.807) is 20.8 Å². The minimum Gasteiger partial charge on any atom is -0.458 e. The van der Waals surface area contributed by atoms with Crippen LogP contribution in [0.5, 0.6) is 0 Å². The fourth-order valence-electron chi connectivity index (χ4n) is 5.48. The summed E-state index contributed by atoms with van der Waals surface area (Å²) in [5.41, 5.74) is -4.31. The number of hydrogen-bond acceptors (Lipinski definition) is 4. The smallest absolute Gasteiger partial charge is 0.416 e. The van der Waals surface area contributed by atoms with Gasteiger partial charge in [-0.25, -0.2) is 14.0 Å². The van der Waals surface area contributed by atoms with Crippen LogP contribution in [0.25, 0.3) is 0 Å². The van der Waals surface area contributed by atoms with Crippen LogP contribution in [0.1, 0.15) is 66.6 Å². The molecular weight excluding hydrogens is 547 g/mol. The number of esters is 1. The number of hydrogen-bond donors (Lipinski definition) is 0. The molecule has 1 amide bonds. The van der Waals surface area contributed by atoms with E-state index < -0.39 is 64.5 Å². The molecule has 0 radical (unpaired) electrons. The highest BCUT2D eigenvalue weighted by Crippen LogP contribution is 2.47. The number of halogens is 7. The van der Waals surface area contributed by atoms with Crippen molar-refractivity contribution >= 4 is 12.1 Å². The van der Waals surface area contributed by atoms with E-state index >= 15 is 0 Å². The van der Waals surface area contributed by atoms with Crippen LogP contribution in [0.3, 0.4) is 0 Å². The number of benzene rings is 2. The molecule has 2 aliphatic rings. The molecule has 0 aromatic heterocycles. The molecule has 4 rings (SSSR count). The van der Waals surface area contributed by atoms with Crippen molar-refractivity contribution in [3.05, 3.63) is 70.5 Å². The molecule has 0 N–H and O–H groups in total. The van der Waals surface area contributed by atoms with Gasteiger partial charge in [0.05, 0.1) is 16.7 Å². The lowest BCUT2D eigenvalue weighted by molar-refractivity contribution is -0.143. The molecular formula is C28H28F7NO4. The summed E-state index contributed by atoms with van der Waals surface area (Å²) in [6.45, 7) is 5.76. The lowest BCUT2D eigenvalue weighted by Crippen LogP contribution is -2.39. The van der Waals surface area contributed by atoms with Crippen molar-refractivity contribution in [1.29, 1.82) is 0 Å². The molecule has 4 atom stereocenters. The van der Waals surface area contributed by atoms with Crippen LogP contribution in [-0.2, 0) is 21.8 Å². The molecule has 1 aliphatic heterocycles. The molecule has 2 aromatic rings. The molecule has 1 aliphatic carbocycles. The van der Waals surface area contributed by atoms with E-state index in [1.165, 1.54) is 29.2 Å². The third-order valence-electron chi connectivity index (χ3n) is 7.16. The summed E-state index contributed by atoms with van der Waals surface area (Å²) in [6, 6.07) is 6.00. The summed E-state index contributed by atoms with van der Waals surface area (Å²) in [4.78, 5) is 27.3. The maximum absolute atomic E-state index is 13.7. The number of likely N-dealkylation sites (tertiary alicyclic amines) is 1. The fraction of sp³-hybridized carbons (Fsp3) is 0.500. The highest BCUT2D eigenvalue weighted by atomic mass is 19.4. The predicted molar refractivity (Wildman–Crippen MR) is 129 cm³/mol. The SMILES string of the molecule is CC(C)(C)OC(=O)N1C[C@H]2CC[C@@H](OC(=O)c3cc(C(F)(F)F)cc(C(F)(F)F)c3)[C@H](c3ccc(F)cc3)[C@H]2C1. The van der Waals surface area contributed by atoms with E-state index in [0.717, 1.165) is 0 Å². The van der Waals surface area contributed by atoms with Gasteiger partial charge in [-0.1, -0.05) is 12.1 Å². The zero-order valence-corrected chi connectivity index (χ0v) is 21.9. The molecule has 2 aromatic carbocycles. The summed E-state index contributed by atoms with van der Waals surface area (Å²) in [7, 11) is 0. The van der Waals surface area contributed by atoms with Crippen molar-refractivity contribution in [3.63, 3.8) is 0 Å². The van der Waals surface area contributed by atoms with Crippen LogP contribution in [0.2, 0.25) is 0 Å². The van der Waals surface area contributed by atoms with Crippen molar-refractivity contribution in [3.8, 4) is 0 Å². The first-order valence-corrected chi connectivity index (χ1v) is 12.7. The molecule has 1 heterocycles. The van der Waals surface area contributed by atoms with Gasteiger partial charge in [-0.15, -0.1) is 0 Å². The minimum absolute atomic E-state index is 0.0390. The molecule has 0 spiro atoms. The van der Waals surface area contributed by atoms with Crippen LogP contribution >= 0.6 is 0 Å². The average molecular weight is 576 g/mol. The number of carbonyl (C=O) groups is 2. The molecule has 0 bridgehead atoms. The Hall–Kier alpha value is -3.31. The van der Waals surface area contributed by atoms with Crippen molar-refractivity contribution in [1.82, 2.24) is 4.90 Å². The molecule has 5 nitrogen and oxygen atoms in total. The first-order valence-electron chi connectivity index (χ1n) is 12.7. The number of alkyl halides is 6. The Morgan fingerprint density at radius 2 is 1.43 bits per heavy atom. The molecule has 40 heavy (non-hydrogen) atoms. The zero-order chi connectivity index (χ0) is 29.6. The second-order valence-electron chi connectivity index (χ2n) is 11.2. The van der Waals surface area contributed by atoms with Gasteiger partial charge in [0.25, 0.3) is 0 Å². The van der Waals surface area contributed by atoms with Crippen molar-refractivity contribution < 1.29 is 49.8 Å². The van der Waals surface area contributed by atoms with Crippen molar-refractivity contribution in [2.45, 2.75) is 63.6 Å². The van der Waals surface area contributed by atoms with E-state index in [0.29, 0.717) is 30.7 Å². The van der Waals surface area contributed by atoms with Gasteiger partial charge >= 0.3 is 24.4 Å². The van der Waals surface area contributed by atoms with Gasteiger partial charge in [0.1, 0.15) is 17.5 Å². The number of carbonyl (C=O) groups excluding carboxylic acids is 2. The number of rotatable bonds is 3. The standard InChI is InChI=1S/C28H28F7NO4/c1-26(2,3)40-25(38)36-13-16-6-9-22(23(21(16)14-36)15-4-7-20(29)8-5-15)39-24(37)17-10-18(27(30,31)32)12-19(11-17)28(33,34)35/h4-5,7-8,10-12,16,21-23H,6,9,13-14H2,1-3H3/t16-,21+,22-,23-/m1/s1. The minimum atomic E-state index is -5.13. The van der Waals surface area contributed by atoms with Gasteiger partial charge in [-0.05, 0) is 81.3 Å². The Kier molecular flexibility index (Phi) is 7.85. The van der Waals surface area contributed by atoms with Crippen LogP contribution in [0.15, 0.2) is 42.5 Å². The number of ether oxygens (including phenoxy) is 2. The first kappa shape index (κ1) is 29.7. The first-order chi connectivity index (χ1) is 18.4. The molecule has 1 saturated carbocycles. The number of nitrogens with zero attached hydrogens (tertiary/aromatic N) is 1. The Balaban J connectivity index is 1.64. The highest BCUT2D eigenvalue weighted by molar-refractivity contribution is 5.90. The largest absolute Gasteiger partial charge is 0.458 e. The normalized spacial score (nSPS) is 23.5. The number of fused-ring (bicyclic) bond motifs is 1. The van der Waals surface area contributed by atoms with E-state index in [9.17, 15) is 40.3 Å². The number of amides is 1. The molecule has 0 unspecified atom stereocenters. The van der Waals surface area contributed by atoms with Crippen LogP contribution in [0, 0.1) is 17.7 Å². The van der Waals surface area contributed by atoms with Gasteiger partial charge in [0, 0.05) is 19.0 Å². The van der Waals surface area contributed by atoms with E-state index in [1.807, 2.05) is 0 Å². The third-order valence-corrected chi connectivity index (χ3v) is 7.16.